The van der Waals surface area contributed by atoms with Crippen molar-refractivity contribution in [2.45, 2.75) is 19.4 Å². The maximum absolute atomic E-state index is 5.73. The summed E-state index contributed by atoms with van der Waals surface area (Å²) in [5, 5.41) is 3.30. The number of anilines is 2. The third kappa shape index (κ3) is 4.33. The van der Waals surface area contributed by atoms with E-state index < -0.39 is 0 Å². The summed E-state index contributed by atoms with van der Waals surface area (Å²) in [7, 11) is 2.15. The summed E-state index contributed by atoms with van der Waals surface area (Å²) in [5.74, 6) is 1.89. The molecule has 1 unspecified atom stereocenters. The minimum Gasteiger partial charge on any atom is -0.370 e. The molecule has 1 aromatic rings. The molecule has 2 rings (SSSR count). The molecule has 0 bridgehead atoms. The van der Waals surface area contributed by atoms with E-state index in [1.807, 2.05) is 13.0 Å². The maximum Gasteiger partial charge on any atom is 0.134 e. The van der Waals surface area contributed by atoms with E-state index in [2.05, 4.69) is 32.1 Å². The first-order valence-corrected chi connectivity index (χ1v) is 6.90. The van der Waals surface area contributed by atoms with Gasteiger partial charge in [-0.15, -0.1) is 0 Å². The molecule has 1 aliphatic rings. The lowest BCUT2D eigenvalue weighted by Crippen LogP contribution is -2.44. The molecule has 1 aromatic heterocycles. The summed E-state index contributed by atoms with van der Waals surface area (Å²) < 4.78 is 0. The average molecular weight is 264 g/mol. The minimum atomic E-state index is 0.214. The highest BCUT2D eigenvalue weighted by Crippen LogP contribution is 2.15. The van der Waals surface area contributed by atoms with Gasteiger partial charge in [0.15, 0.2) is 0 Å². The van der Waals surface area contributed by atoms with Crippen LogP contribution in [0.3, 0.4) is 0 Å². The van der Waals surface area contributed by atoms with Crippen LogP contribution in [-0.2, 0) is 0 Å². The summed E-state index contributed by atoms with van der Waals surface area (Å²) in [6.45, 7) is 7.06. The van der Waals surface area contributed by atoms with Crippen molar-refractivity contribution in [1.29, 1.82) is 0 Å². The summed E-state index contributed by atoms with van der Waals surface area (Å²) >= 11 is 0. The van der Waals surface area contributed by atoms with Crippen LogP contribution in [-0.4, -0.2) is 60.7 Å². The number of piperazine rings is 1. The first-order valence-electron chi connectivity index (χ1n) is 6.90. The van der Waals surface area contributed by atoms with Gasteiger partial charge in [0, 0.05) is 44.8 Å². The second-order valence-corrected chi connectivity index (χ2v) is 5.24. The normalized spacial score (nSPS) is 18.4. The van der Waals surface area contributed by atoms with E-state index >= 15 is 0 Å². The molecule has 1 fully saturated rings. The lowest BCUT2D eigenvalue weighted by molar-refractivity contribution is 0.312. The topological polar surface area (TPSA) is 70.3 Å². The molecule has 19 heavy (non-hydrogen) atoms. The van der Waals surface area contributed by atoms with Gasteiger partial charge in [-0.3, -0.25) is 0 Å². The Morgan fingerprint density at radius 1 is 1.32 bits per heavy atom. The van der Waals surface area contributed by atoms with Crippen molar-refractivity contribution in [2.24, 2.45) is 5.73 Å². The van der Waals surface area contributed by atoms with Gasteiger partial charge >= 0.3 is 0 Å². The van der Waals surface area contributed by atoms with Gasteiger partial charge in [-0.1, -0.05) is 0 Å². The van der Waals surface area contributed by atoms with Crippen LogP contribution >= 0.6 is 0 Å². The van der Waals surface area contributed by atoms with Crippen LogP contribution in [0.4, 0.5) is 11.6 Å². The van der Waals surface area contributed by atoms with Crippen molar-refractivity contribution in [1.82, 2.24) is 14.9 Å². The highest BCUT2D eigenvalue weighted by Gasteiger charge is 2.15. The number of likely N-dealkylation sites (N-methyl/N-ethyl adjacent to an activating group) is 1. The number of aromatic nitrogens is 2. The molecular formula is C13H24N6. The van der Waals surface area contributed by atoms with Crippen LogP contribution in [0.2, 0.25) is 0 Å². The Morgan fingerprint density at radius 3 is 2.74 bits per heavy atom. The number of nitrogens with one attached hydrogen (secondary N) is 1. The van der Waals surface area contributed by atoms with E-state index in [4.69, 9.17) is 5.73 Å². The predicted molar refractivity (Wildman–Crippen MR) is 78.5 cm³/mol. The molecular weight excluding hydrogens is 240 g/mol. The lowest BCUT2D eigenvalue weighted by atomic mass is 10.2. The van der Waals surface area contributed by atoms with Crippen molar-refractivity contribution >= 4 is 11.6 Å². The molecule has 0 spiro atoms. The molecule has 2 heterocycles. The maximum atomic E-state index is 5.73. The van der Waals surface area contributed by atoms with Gasteiger partial charge in [0.05, 0.1) is 0 Å². The first kappa shape index (κ1) is 14.0. The smallest absolute Gasteiger partial charge is 0.134 e. The van der Waals surface area contributed by atoms with E-state index in [0.29, 0.717) is 0 Å². The molecule has 1 saturated heterocycles. The van der Waals surface area contributed by atoms with E-state index in [1.54, 1.807) is 6.33 Å². The minimum absolute atomic E-state index is 0.214. The summed E-state index contributed by atoms with van der Waals surface area (Å²) in [6, 6.07) is 2.23. The van der Waals surface area contributed by atoms with Crippen molar-refractivity contribution < 1.29 is 0 Å². The highest BCUT2D eigenvalue weighted by atomic mass is 15.3. The molecule has 0 radical (unpaired) electrons. The number of hydrogen-bond donors (Lipinski definition) is 2. The number of nitrogens with zero attached hydrogens (tertiary/aromatic N) is 4. The van der Waals surface area contributed by atoms with Crippen molar-refractivity contribution in [2.75, 3.05) is 50.0 Å². The number of nitrogens with two attached hydrogens (primary N) is 1. The van der Waals surface area contributed by atoms with E-state index in [9.17, 15) is 0 Å². The Hall–Kier alpha value is -1.40. The molecule has 0 amide bonds. The Balaban J connectivity index is 1.91. The van der Waals surface area contributed by atoms with Crippen LogP contribution in [0.25, 0.3) is 0 Å². The van der Waals surface area contributed by atoms with Crippen LogP contribution in [0.5, 0.6) is 0 Å². The Bertz CT molecular complexity index is 386. The molecule has 6 nitrogen and oxygen atoms in total. The second-order valence-electron chi connectivity index (χ2n) is 5.24. The monoisotopic (exact) mass is 264 g/mol. The second kappa shape index (κ2) is 6.68. The zero-order valence-corrected chi connectivity index (χ0v) is 11.8. The number of hydrogen-bond acceptors (Lipinski definition) is 6. The molecule has 106 valence electrons. The predicted octanol–water partition coefficient (Wildman–Crippen LogP) is 0.378. The largest absolute Gasteiger partial charge is 0.370 e. The summed E-state index contributed by atoms with van der Waals surface area (Å²) in [6.07, 6.45) is 2.57. The van der Waals surface area contributed by atoms with Gasteiger partial charge in [-0.05, 0) is 20.4 Å². The van der Waals surface area contributed by atoms with Crippen LogP contribution in [0, 0.1) is 0 Å². The van der Waals surface area contributed by atoms with Gasteiger partial charge in [0.2, 0.25) is 0 Å². The van der Waals surface area contributed by atoms with Crippen molar-refractivity contribution in [3.8, 4) is 0 Å². The quantitative estimate of drug-likeness (QED) is 0.801. The van der Waals surface area contributed by atoms with Crippen LogP contribution < -0.4 is 16.0 Å². The molecule has 0 saturated carbocycles. The Kier molecular flexibility index (Phi) is 4.93. The number of rotatable bonds is 5. The zero-order valence-electron chi connectivity index (χ0n) is 11.8. The average Bonchev–Trinajstić information content (AvgIpc) is 2.39. The summed E-state index contributed by atoms with van der Waals surface area (Å²) in [4.78, 5) is 13.2. The molecule has 3 N–H and O–H groups in total. The Morgan fingerprint density at radius 2 is 2.05 bits per heavy atom. The lowest BCUT2D eigenvalue weighted by Gasteiger charge is -2.33. The van der Waals surface area contributed by atoms with Crippen molar-refractivity contribution in [3.05, 3.63) is 12.4 Å². The van der Waals surface area contributed by atoms with Gasteiger partial charge in [-0.25, -0.2) is 9.97 Å². The Labute approximate surface area is 115 Å². The molecule has 6 heteroatoms. The molecule has 1 aliphatic heterocycles. The van der Waals surface area contributed by atoms with Gasteiger partial charge in [0.25, 0.3) is 0 Å². The fourth-order valence-electron chi connectivity index (χ4n) is 2.08. The fourth-order valence-corrected chi connectivity index (χ4v) is 2.08. The molecule has 1 atom stereocenters. The van der Waals surface area contributed by atoms with E-state index in [-0.39, 0.29) is 6.04 Å². The van der Waals surface area contributed by atoms with Gasteiger partial charge in [-0.2, -0.15) is 0 Å². The third-order valence-electron chi connectivity index (χ3n) is 3.39. The summed E-state index contributed by atoms with van der Waals surface area (Å²) in [5.41, 5.74) is 5.73. The van der Waals surface area contributed by atoms with Crippen LogP contribution in [0.1, 0.15) is 13.3 Å². The van der Waals surface area contributed by atoms with Gasteiger partial charge < -0.3 is 20.9 Å². The standard InChI is InChI=1S/C13H24N6/c1-11(14)3-4-15-12-9-13(17-10-16-12)19-7-5-18(2)6-8-19/h9-11H,3-8,14H2,1-2H3,(H,15,16,17). The van der Waals surface area contributed by atoms with E-state index in [1.165, 1.54) is 0 Å². The SMILES string of the molecule is CC(N)CCNc1cc(N2CCN(C)CC2)ncn1. The van der Waals surface area contributed by atoms with Crippen LogP contribution in [0.15, 0.2) is 12.4 Å². The highest BCUT2D eigenvalue weighted by molar-refractivity contribution is 5.48. The third-order valence-corrected chi connectivity index (χ3v) is 3.39. The molecule has 0 aromatic carbocycles. The first-order chi connectivity index (χ1) is 9.15. The van der Waals surface area contributed by atoms with Gasteiger partial charge in [0.1, 0.15) is 18.0 Å². The van der Waals surface area contributed by atoms with Crippen molar-refractivity contribution in [3.63, 3.8) is 0 Å². The fraction of sp³-hybridized carbons (Fsp3) is 0.692. The zero-order chi connectivity index (χ0) is 13.7. The van der Waals surface area contributed by atoms with E-state index in [0.717, 1.165) is 50.8 Å². The molecule has 0 aliphatic carbocycles.